The summed E-state index contributed by atoms with van der Waals surface area (Å²) < 4.78 is 0. The van der Waals surface area contributed by atoms with Crippen LogP contribution < -0.4 is 0 Å². The minimum atomic E-state index is -1.18. The number of carbonyl (C=O) groups is 1. The molecule has 4 rings (SSSR count). The highest BCUT2D eigenvalue weighted by atomic mass is 16.4. The normalized spacial score (nSPS) is 42.1. The number of para-hydroxylation sites is 1. The maximum atomic E-state index is 12.2. The summed E-state index contributed by atoms with van der Waals surface area (Å²) in [6.45, 7) is 8.12. The molecule has 1 heterocycles. The second-order valence-corrected chi connectivity index (χ2v) is 9.35. The van der Waals surface area contributed by atoms with Gasteiger partial charge in [-0.05, 0) is 62.3 Å². The van der Waals surface area contributed by atoms with Gasteiger partial charge in [0.1, 0.15) is 5.60 Å². The van der Waals surface area contributed by atoms with Crippen LogP contribution in [0.25, 0.3) is 0 Å². The van der Waals surface area contributed by atoms with E-state index in [0.717, 1.165) is 29.7 Å². The van der Waals surface area contributed by atoms with E-state index in [1.807, 2.05) is 24.3 Å². The number of fused-ring (bicyclic) bond motifs is 2. The lowest BCUT2D eigenvalue weighted by molar-refractivity contribution is -0.184. The number of hydrogen-bond acceptors (Lipinski definition) is 4. The molecule has 150 valence electrons. The lowest BCUT2D eigenvalue weighted by Gasteiger charge is -2.59. The second-order valence-electron chi connectivity index (χ2n) is 9.35. The molecule has 0 amide bonds. The number of allylic oxidation sites excluding steroid dienone is 1. The summed E-state index contributed by atoms with van der Waals surface area (Å²) in [4.78, 5) is 16.6. The Bertz CT molecular complexity index is 864. The zero-order chi connectivity index (χ0) is 20.3. The Labute approximate surface area is 165 Å². The zero-order valence-electron chi connectivity index (χ0n) is 16.6. The Morgan fingerprint density at radius 1 is 1.29 bits per heavy atom. The summed E-state index contributed by atoms with van der Waals surface area (Å²) in [5, 5.41) is 32.0. The summed E-state index contributed by atoms with van der Waals surface area (Å²) in [6, 6.07) is 7.60. The topological polar surface area (TPSA) is 90.1 Å². The molecule has 2 aliphatic carbocycles. The van der Waals surface area contributed by atoms with Crippen LogP contribution >= 0.6 is 0 Å². The molecule has 1 aliphatic heterocycles. The van der Waals surface area contributed by atoms with E-state index < -0.39 is 23.1 Å². The van der Waals surface area contributed by atoms with E-state index in [4.69, 9.17) is 0 Å². The van der Waals surface area contributed by atoms with Crippen LogP contribution in [0.4, 0.5) is 5.69 Å². The maximum absolute atomic E-state index is 12.2. The Hall–Kier alpha value is -1.98. The summed E-state index contributed by atoms with van der Waals surface area (Å²) >= 11 is 0. The largest absolute Gasteiger partial charge is 0.481 e. The number of nitrogens with zero attached hydrogens (tertiary/aromatic N) is 1. The first-order chi connectivity index (χ1) is 13.1. The molecule has 1 aromatic rings. The van der Waals surface area contributed by atoms with Gasteiger partial charge < -0.3 is 15.3 Å². The molecule has 3 N–H and O–H groups in total. The Kier molecular flexibility index (Phi) is 4.32. The number of aliphatic hydroxyl groups is 2. The second kappa shape index (κ2) is 6.26. The van der Waals surface area contributed by atoms with Crippen LogP contribution in [0.5, 0.6) is 0 Å². The van der Waals surface area contributed by atoms with E-state index in [9.17, 15) is 20.1 Å². The van der Waals surface area contributed by atoms with Gasteiger partial charge in [-0.25, -0.2) is 0 Å². The minimum absolute atomic E-state index is 0.0416. The average Bonchev–Trinajstić information content (AvgIpc) is 2.99. The average molecular weight is 383 g/mol. The first-order valence-electron chi connectivity index (χ1n) is 10.1. The minimum Gasteiger partial charge on any atom is -0.481 e. The van der Waals surface area contributed by atoms with E-state index in [-0.39, 0.29) is 17.3 Å². The van der Waals surface area contributed by atoms with Crippen molar-refractivity contribution < 1.29 is 20.1 Å². The third kappa shape index (κ3) is 2.52. The van der Waals surface area contributed by atoms with Crippen molar-refractivity contribution in [3.8, 4) is 0 Å². The van der Waals surface area contributed by atoms with Gasteiger partial charge in [0, 0.05) is 11.8 Å². The van der Waals surface area contributed by atoms with Gasteiger partial charge >= 0.3 is 5.97 Å². The van der Waals surface area contributed by atoms with Crippen molar-refractivity contribution in [1.82, 2.24) is 0 Å². The molecule has 6 atom stereocenters. The van der Waals surface area contributed by atoms with Crippen molar-refractivity contribution in [2.24, 2.45) is 27.7 Å². The molecule has 0 saturated heterocycles. The highest BCUT2D eigenvalue weighted by Gasteiger charge is 2.62. The molecule has 2 saturated carbocycles. The van der Waals surface area contributed by atoms with Gasteiger partial charge in [0.15, 0.2) is 0 Å². The number of hydrogen-bond donors (Lipinski definition) is 3. The fourth-order valence-electron chi connectivity index (χ4n) is 6.20. The summed E-state index contributed by atoms with van der Waals surface area (Å²) in [5.41, 5.74) is -0.0638. The lowest BCUT2D eigenvalue weighted by Crippen LogP contribution is -2.59. The molecule has 5 heteroatoms. The predicted molar refractivity (Wildman–Crippen MR) is 108 cm³/mol. The first kappa shape index (κ1) is 19.3. The standard InChI is InChI=1S/C23H29NO4/c1-14-8-9-18-21(2,11-10-19(25)22(18,3)20(26)27)16(14)12-23(28)13-24-17-7-5-4-6-15(17)23/h4-7,13,16,18-19,25,28H,1,8-12H2,2-3H3,(H,26,27)/t16-,18+,19-,21+,22-,23?/m0/s1. The maximum Gasteiger partial charge on any atom is 0.312 e. The smallest absolute Gasteiger partial charge is 0.312 e. The van der Waals surface area contributed by atoms with Crippen LogP contribution in [0, 0.1) is 22.7 Å². The van der Waals surface area contributed by atoms with Crippen LogP contribution in [0.15, 0.2) is 41.4 Å². The van der Waals surface area contributed by atoms with Crippen LogP contribution in [-0.2, 0) is 10.4 Å². The fraction of sp³-hybridized carbons (Fsp3) is 0.565. The molecule has 0 bridgehead atoms. The van der Waals surface area contributed by atoms with E-state index >= 15 is 0 Å². The molecule has 0 spiro atoms. The number of aliphatic carboxylic acids is 1. The van der Waals surface area contributed by atoms with Gasteiger partial charge in [-0.2, -0.15) is 0 Å². The highest BCUT2D eigenvalue weighted by molar-refractivity contribution is 5.83. The van der Waals surface area contributed by atoms with Gasteiger partial charge in [0.05, 0.1) is 17.2 Å². The number of aliphatic hydroxyl groups excluding tert-OH is 1. The Balaban J connectivity index is 1.73. The van der Waals surface area contributed by atoms with E-state index in [2.05, 4.69) is 18.5 Å². The molecule has 28 heavy (non-hydrogen) atoms. The third-order valence-electron chi connectivity index (χ3n) is 7.98. The lowest BCUT2D eigenvalue weighted by atomic mass is 9.45. The highest BCUT2D eigenvalue weighted by Crippen LogP contribution is 2.63. The van der Waals surface area contributed by atoms with Crippen LogP contribution in [0.1, 0.15) is 51.5 Å². The molecule has 3 aliphatic rings. The summed E-state index contributed by atoms with van der Waals surface area (Å²) in [6.07, 6.45) is 3.79. The zero-order valence-corrected chi connectivity index (χ0v) is 16.6. The fourth-order valence-corrected chi connectivity index (χ4v) is 6.20. The van der Waals surface area contributed by atoms with Gasteiger partial charge in [0.2, 0.25) is 0 Å². The summed E-state index contributed by atoms with van der Waals surface area (Å²) in [5.74, 6) is -1.15. The predicted octanol–water partition coefficient (Wildman–Crippen LogP) is 3.81. The Morgan fingerprint density at radius 3 is 2.71 bits per heavy atom. The van der Waals surface area contributed by atoms with Gasteiger partial charge in [0.25, 0.3) is 0 Å². The first-order valence-corrected chi connectivity index (χ1v) is 10.1. The van der Waals surface area contributed by atoms with Crippen molar-refractivity contribution in [2.45, 2.75) is 57.7 Å². The molecule has 0 radical (unpaired) electrons. The van der Waals surface area contributed by atoms with Crippen molar-refractivity contribution in [1.29, 1.82) is 0 Å². The van der Waals surface area contributed by atoms with Gasteiger partial charge in [-0.3, -0.25) is 9.79 Å². The Morgan fingerprint density at radius 2 is 2.00 bits per heavy atom. The van der Waals surface area contributed by atoms with E-state index in [1.54, 1.807) is 13.1 Å². The molecule has 1 unspecified atom stereocenters. The van der Waals surface area contributed by atoms with Crippen molar-refractivity contribution in [3.05, 3.63) is 42.0 Å². The van der Waals surface area contributed by atoms with E-state index in [1.165, 1.54) is 0 Å². The van der Waals surface area contributed by atoms with Crippen LogP contribution in [-0.4, -0.2) is 33.6 Å². The summed E-state index contributed by atoms with van der Waals surface area (Å²) in [7, 11) is 0. The molecular formula is C23H29NO4. The monoisotopic (exact) mass is 383 g/mol. The molecule has 2 fully saturated rings. The molecule has 1 aromatic carbocycles. The number of aliphatic imine (C=N–C) groups is 1. The molecule has 0 aromatic heterocycles. The molecular weight excluding hydrogens is 354 g/mol. The molecule has 5 nitrogen and oxygen atoms in total. The SMILES string of the molecule is C=C1CC[C@@H]2[C@](C)(CC[C@H](O)[C@@]2(C)C(=O)O)[C@H]1CC1(O)C=Nc2ccccc21. The van der Waals surface area contributed by atoms with Crippen molar-refractivity contribution >= 4 is 17.9 Å². The van der Waals surface area contributed by atoms with Gasteiger partial charge in [-0.15, -0.1) is 0 Å². The number of carboxylic acids is 1. The quantitative estimate of drug-likeness (QED) is 0.692. The third-order valence-corrected chi connectivity index (χ3v) is 7.98. The number of benzene rings is 1. The number of rotatable bonds is 3. The number of carboxylic acid groups (broad SMARTS) is 1. The van der Waals surface area contributed by atoms with Crippen LogP contribution in [0.3, 0.4) is 0 Å². The van der Waals surface area contributed by atoms with Crippen molar-refractivity contribution in [2.75, 3.05) is 0 Å². The van der Waals surface area contributed by atoms with Crippen molar-refractivity contribution in [3.63, 3.8) is 0 Å². The van der Waals surface area contributed by atoms with Crippen LogP contribution in [0.2, 0.25) is 0 Å². The van der Waals surface area contributed by atoms with Gasteiger partial charge in [-0.1, -0.05) is 37.3 Å². The van der Waals surface area contributed by atoms with E-state index in [0.29, 0.717) is 19.3 Å².